The third-order valence-corrected chi connectivity index (χ3v) is 6.43. The second-order valence-electron chi connectivity index (χ2n) is 6.43. The van der Waals surface area contributed by atoms with E-state index in [1.54, 1.807) is 12.1 Å². The van der Waals surface area contributed by atoms with Crippen LogP contribution < -0.4 is 10.6 Å². The van der Waals surface area contributed by atoms with Gasteiger partial charge < -0.3 is 10.6 Å². The van der Waals surface area contributed by atoms with Crippen molar-refractivity contribution in [2.45, 2.75) is 42.6 Å². The summed E-state index contributed by atoms with van der Waals surface area (Å²) in [5, 5.41) is 16.1. The molecule has 0 aliphatic heterocycles. The smallest absolute Gasteiger partial charge is 0.253 e. The van der Waals surface area contributed by atoms with E-state index in [2.05, 4.69) is 16.7 Å². The molecule has 1 aromatic heterocycles. The van der Waals surface area contributed by atoms with E-state index >= 15 is 0 Å². The minimum Gasteiger partial charge on any atom is -0.352 e. The molecule has 0 saturated carbocycles. The van der Waals surface area contributed by atoms with Crippen LogP contribution in [-0.4, -0.2) is 15.9 Å². The van der Waals surface area contributed by atoms with Gasteiger partial charge in [-0.1, -0.05) is 53.0 Å². The molecule has 1 amide bonds. The average Bonchev–Trinajstić information content (AvgIpc) is 2.97. The number of nitrogens with one attached hydrogen (secondary N) is 2. The Bertz CT molecular complexity index is 899. The van der Waals surface area contributed by atoms with Crippen molar-refractivity contribution >= 4 is 57.0 Å². The number of halogens is 3. The molecule has 0 fully saturated rings. The first-order valence-corrected chi connectivity index (χ1v) is 10.5. The van der Waals surface area contributed by atoms with Crippen molar-refractivity contribution in [3.8, 4) is 6.07 Å². The van der Waals surface area contributed by atoms with Crippen LogP contribution in [0.3, 0.4) is 0 Å². The van der Waals surface area contributed by atoms with Crippen molar-refractivity contribution in [1.82, 2.24) is 5.32 Å². The Kier molecular flexibility index (Phi) is 6.22. The lowest BCUT2D eigenvalue weighted by atomic mass is 9.96. The van der Waals surface area contributed by atoms with Gasteiger partial charge in [-0.05, 0) is 49.8 Å². The summed E-state index contributed by atoms with van der Waals surface area (Å²) >= 11 is 19.9. The van der Waals surface area contributed by atoms with Crippen molar-refractivity contribution < 1.29 is 4.79 Å². The number of carbonyl (C=O) groups excluding carboxylic acids is 1. The summed E-state index contributed by atoms with van der Waals surface area (Å²) in [6.45, 7) is 1.84. The molecule has 1 heterocycles. The topological polar surface area (TPSA) is 64.9 Å². The normalized spacial score (nSPS) is 14.8. The molecular formula is C19H18Cl3N3OS. The molecule has 1 aliphatic carbocycles. The van der Waals surface area contributed by atoms with E-state index < -0.39 is 9.96 Å². The average molecular weight is 443 g/mol. The Hall–Kier alpha value is -1.45. The number of rotatable bonds is 4. The highest BCUT2D eigenvalue weighted by Gasteiger charge is 2.36. The highest BCUT2D eigenvalue weighted by Crippen LogP contribution is 2.40. The van der Waals surface area contributed by atoms with Crippen LogP contribution in [0.25, 0.3) is 0 Å². The molecular weight excluding hydrogens is 425 g/mol. The Balaban J connectivity index is 1.87. The summed E-state index contributed by atoms with van der Waals surface area (Å²) < 4.78 is -1.80. The van der Waals surface area contributed by atoms with E-state index in [1.165, 1.54) is 16.2 Å². The summed E-state index contributed by atoms with van der Waals surface area (Å²) in [6, 6.07) is 9.45. The summed E-state index contributed by atoms with van der Waals surface area (Å²) in [5.74, 6) is -0.350. The van der Waals surface area contributed by atoms with E-state index in [-0.39, 0.29) is 5.91 Å². The zero-order valence-electron chi connectivity index (χ0n) is 14.6. The van der Waals surface area contributed by atoms with Crippen LogP contribution in [-0.2, 0) is 12.8 Å². The van der Waals surface area contributed by atoms with Crippen molar-refractivity contribution in [3.05, 3.63) is 51.4 Å². The van der Waals surface area contributed by atoms with Crippen LogP contribution in [0.5, 0.6) is 0 Å². The maximum atomic E-state index is 12.7. The Morgan fingerprint density at radius 1 is 1.26 bits per heavy atom. The first-order valence-electron chi connectivity index (χ1n) is 8.55. The molecule has 3 rings (SSSR count). The fraction of sp³-hybridized carbons (Fsp3) is 0.368. The van der Waals surface area contributed by atoms with E-state index in [4.69, 9.17) is 34.8 Å². The number of alkyl halides is 3. The van der Waals surface area contributed by atoms with Crippen molar-refractivity contribution in [2.24, 2.45) is 0 Å². The second-order valence-corrected chi connectivity index (χ2v) is 9.91. The molecule has 8 heteroatoms. The molecule has 2 aromatic rings. The van der Waals surface area contributed by atoms with Gasteiger partial charge in [-0.25, -0.2) is 0 Å². The van der Waals surface area contributed by atoms with E-state index in [1.807, 2.05) is 19.1 Å². The molecule has 1 aliphatic rings. The number of carbonyl (C=O) groups is 1. The van der Waals surface area contributed by atoms with Crippen LogP contribution in [0.1, 0.15) is 44.8 Å². The van der Waals surface area contributed by atoms with Gasteiger partial charge in [0.05, 0.1) is 5.56 Å². The molecule has 2 N–H and O–H groups in total. The van der Waals surface area contributed by atoms with Gasteiger partial charge in [0, 0.05) is 10.4 Å². The molecule has 0 unspecified atom stereocenters. The Labute approximate surface area is 177 Å². The predicted molar refractivity (Wildman–Crippen MR) is 112 cm³/mol. The van der Waals surface area contributed by atoms with E-state index in [0.29, 0.717) is 16.1 Å². The lowest BCUT2D eigenvalue weighted by Crippen LogP contribution is -2.49. The van der Waals surface area contributed by atoms with Crippen molar-refractivity contribution in [1.29, 1.82) is 5.26 Å². The highest BCUT2D eigenvalue weighted by atomic mass is 35.6. The number of anilines is 1. The van der Waals surface area contributed by atoms with Crippen LogP contribution in [0.15, 0.2) is 24.3 Å². The fourth-order valence-corrected chi connectivity index (χ4v) is 4.75. The van der Waals surface area contributed by atoms with Gasteiger partial charge in [0.2, 0.25) is 3.79 Å². The predicted octanol–water partition coefficient (Wildman–Crippen LogP) is 5.35. The molecule has 1 aromatic carbocycles. The zero-order valence-corrected chi connectivity index (χ0v) is 17.7. The quantitative estimate of drug-likeness (QED) is 0.496. The van der Waals surface area contributed by atoms with Crippen LogP contribution in [0.4, 0.5) is 5.00 Å². The maximum absolute atomic E-state index is 12.7. The first kappa shape index (κ1) is 20.3. The number of amides is 1. The third kappa shape index (κ3) is 4.52. The Morgan fingerprint density at radius 3 is 2.63 bits per heavy atom. The molecule has 1 atom stereocenters. The van der Waals surface area contributed by atoms with Gasteiger partial charge in [0.15, 0.2) is 0 Å². The number of benzene rings is 1. The number of hydrogen-bond acceptors (Lipinski definition) is 4. The monoisotopic (exact) mass is 441 g/mol. The number of nitriles is 1. The standard InChI is InChI=1S/C19H18Cl3N3OS/c1-11-6-2-3-7-12(11)16(26)24-18(19(20,21)22)25-17-14(10-23)13-8-4-5-9-15(13)27-17/h2-3,6-7,18,25H,4-5,8-9H2,1H3,(H,24,26)/t18-/m1/s1. The highest BCUT2D eigenvalue weighted by molar-refractivity contribution is 7.16. The molecule has 0 bridgehead atoms. The number of hydrogen-bond donors (Lipinski definition) is 2. The molecule has 4 nitrogen and oxygen atoms in total. The largest absolute Gasteiger partial charge is 0.352 e. The number of fused-ring (bicyclic) bond motifs is 1. The lowest BCUT2D eigenvalue weighted by Gasteiger charge is -2.27. The van der Waals surface area contributed by atoms with Crippen LogP contribution >= 0.6 is 46.1 Å². The molecule has 0 saturated heterocycles. The Morgan fingerprint density at radius 2 is 1.96 bits per heavy atom. The molecule has 0 radical (unpaired) electrons. The molecule has 27 heavy (non-hydrogen) atoms. The number of thiophene rings is 1. The number of aryl methyl sites for hydroxylation is 2. The van der Waals surface area contributed by atoms with Gasteiger partial charge >= 0.3 is 0 Å². The first-order chi connectivity index (χ1) is 12.8. The summed E-state index contributed by atoms with van der Waals surface area (Å²) in [7, 11) is 0. The fourth-order valence-electron chi connectivity index (χ4n) is 3.15. The van der Waals surface area contributed by atoms with E-state index in [0.717, 1.165) is 36.8 Å². The molecule has 0 spiro atoms. The lowest BCUT2D eigenvalue weighted by molar-refractivity contribution is 0.0941. The minimum atomic E-state index is -1.80. The maximum Gasteiger partial charge on any atom is 0.253 e. The zero-order chi connectivity index (χ0) is 19.6. The van der Waals surface area contributed by atoms with Crippen molar-refractivity contribution in [3.63, 3.8) is 0 Å². The van der Waals surface area contributed by atoms with Gasteiger partial charge in [-0.2, -0.15) is 5.26 Å². The minimum absolute atomic E-state index is 0.350. The van der Waals surface area contributed by atoms with Gasteiger partial charge in [0.25, 0.3) is 5.91 Å². The molecule has 142 valence electrons. The van der Waals surface area contributed by atoms with Gasteiger partial charge in [0.1, 0.15) is 17.2 Å². The summed E-state index contributed by atoms with van der Waals surface area (Å²) in [4.78, 5) is 13.9. The van der Waals surface area contributed by atoms with Gasteiger partial charge in [-0.15, -0.1) is 11.3 Å². The second kappa shape index (κ2) is 8.28. The third-order valence-electron chi connectivity index (χ3n) is 4.55. The summed E-state index contributed by atoms with van der Waals surface area (Å²) in [6.07, 6.45) is 3.02. The van der Waals surface area contributed by atoms with E-state index in [9.17, 15) is 10.1 Å². The van der Waals surface area contributed by atoms with Crippen LogP contribution in [0, 0.1) is 18.3 Å². The van der Waals surface area contributed by atoms with Crippen LogP contribution in [0.2, 0.25) is 0 Å². The van der Waals surface area contributed by atoms with Gasteiger partial charge in [-0.3, -0.25) is 4.79 Å². The SMILES string of the molecule is Cc1ccccc1C(=O)N[C@H](Nc1sc2c(c1C#N)CCCC2)C(Cl)(Cl)Cl. The number of nitrogens with zero attached hydrogens (tertiary/aromatic N) is 1. The van der Waals surface area contributed by atoms with Crippen molar-refractivity contribution in [2.75, 3.05) is 5.32 Å². The summed E-state index contributed by atoms with van der Waals surface area (Å²) in [5.41, 5.74) is 2.98.